The molecule has 0 fully saturated rings. The molecule has 2 rings (SSSR count). The van der Waals surface area contributed by atoms with Gasteiger partial charge in [0.2, 0.25) is 0 Å². The van der Waals surface area contributed by atoms with Crippen LogP contribution in [-0.2, 0) is 16.6 Å². The summed E-state index contributed by atoms with van der Waals surface area (Å²) < 4.78 is 27.9. The van der Waals surface area contributed by atoms with E-state index >= 15 is 0 Å². The first-order valence-corrected chi connectivity index (χ1v) is 8.79. The largest absolute Gasteiger partial charge is 0.316 e. The summed E-state index contributed by atoms with van der Waals surface area (Å²) in [6.45, 7) is 0.687. The molecule has 2 aromatic rings. The van der Waals surface area contributed by atoms with Gasteiger partial charge in [-0.25, -0.2) is 8.42 Å². The van der Waals surface area contributed by atoms with E-state index in [1.54, 1.807) is 42.5 Å². The summed E-state index contributed by atoms with van der Waals surface area (Å²) in [6.07, 6.45) is 0. The molecule has 0 bridgehead atoms. The molecular weight excluding hydrogens is 376 g/mol. The molecule has 0 saturated carbocycles. The smallest absolute Gasteiger partial charge is 0.261 e. The third kappa shape index (κ3) is 4.20. The van der Waals surface area contributed by atoms with Gasteiger partial charge in [0.15, 0.2) is 0 Å². The number of hydrogen-bond acceptors (Lipinski definition) is 3. The lowest BCUT2D eigenvalue weighted by Gasteiger charge is -2.10. The van der Waals surface area contributed by atoms with Gasteiger partial charge in [-0.05, 0) is 42.9 Å². The summed E-state index contributed by atoms with van der Waals surface area (Å²) in [4.78, 5) is 0.196. The van der Waals surface area contributed by atoms with Crippen molar-refractivity contribution in [1.29, 1.82) is 0 Å². The average molecular weight is 390 g/mol. The van der Waals surface area contributed by atoms with Gasteiger partial charge in [-0.15, -0.1) is 0 Å². The number of rotatable bonds is 5. The van der Waals surface area contributed by atoms with Crippen molar-refractivity contribution in [2.24, 2.45) is 0 Å². The van der Waals surface area contributed by atoms with Gasteiger partial charge in [0, 0.05) is 11.0 Å². The third-order valence-electron chi connectivity index (χ3n) is 2.79. The van der Waals surface area contributed by atoms with Crippen LogP contribution >= 0.6 is 27.5 Å². The second-order valence-electron chi connectivity index (χ2n) is 4.40. The maximum absolute atomic E-state index is 12.3. The molecule has 0 aliphatic heterocycles. The highest BCUT2D eigenvalue weighted by molar-refractivity contribution is 9.10. The highest BCUT2D eigenvalue weighted by Crippen LogP contribution is 2.27. The first kappa shape index (κ1) is 16.3. The lowest BCUT2D eigenvalue weighted by atomic mass is 10.2. The van der Waals surface area contributed by atoms with Crippen LogP contribution in [0.2, 0.25) is 5.02 Å². The van der Waals surface area contributed by atoms with Crippen LogP contribution in [0.5, 0.6) is 0 Å². The SMILES string of the molecule is CNCc1ccc(S(=O)(=O)Nc2ccc(Br)cc2Cl)cc1. The first-order chi connectivity index (χ1) is 9.92. The fourth-order valence-electron chi connectivity index (χ4n) is 1.77. The molecule has 2 aromatic carbocycles. The molecule has 0 radical (unpaired) electrons. The van der Waals surface area contributed by atoms with E-state index in [9.17, 15) is 8.42 Å². The van der Waals surface area contributed by atoms with Crippen LogP contribution in [0.4, 0.5) is 5.69 Å². The van der Waals surface area contributed by atoms with Gasteiger partial charge in [-0.1, -0.05) is 39.7 Å². The average Bonchev–Trinajstić information content (AvgIpc) is 2.43. The Kier molecular flexibility index (Phi) is 5.27. The Morgan fingerprint density at radius 2 is 1.81 bits per heavy atom. The second kappa shape index (κ2) is 6.79. The predicted octanol–water partition coefficient (Wildman–Crippen LogP) is 3.62. The summed E-state index contributed by atoms with van der Waals surface area (Å²) in [6, 6.07) is 11.7. The van der Waals surface area contributed by atoms with Gasteiger partial charge in [-0.3, -0.25) is 4.72 Å². The predicted molar refractivity (Wildman–Crippen MR) is 89.2 cm³/mol. The van der Waals surface area contributed by atoms with Crippen molar-refractivity contribution in [3.05, 3.63) is 57.5 Å². The van der Waals surface area contributed by atoms with Crippen molar-refractivity contribution in [2.45, 2.75) is 11.4 Å². The summed E-state index contributed by atoms with van der Waals surface area (Å²) in [5.74, 6) is 0. The molecule has 0 amide bonds. The van der Waals surface area contributed by atoms with E-state index in [1.807, 2.05) is 7.05 Å². The number of nitrogens with one attached hydrogen (secondary N) is 2. The molecular formula is C14H14BrClN2O2S. The molecule has 2 N–H and O–H groups in total. The third-order valence-corrected chi connectivity index (χ3v) is 4.98. The number of halogens is 2. The Labute approximate surface area is 137 Å². The summed E-state index contributed by atoms with van der Waals surface area (Å²) in [5, 5.41) is 3.34. The highest BCUT2D eigenvalue weighted by atomic mass is 79.9. The van der Waals surface area contributed by atoms with E-state index in [0.29, 0.717) is 17.3 Å². The van der Waals surface area contributed by atoms with Gasteiger partial charge >= 0.3 is 0 Å². The standard InChI is InChI=1S/C14H14BrClN2O2S/c1-17-9-10-2-5-12(6-3-10)21(19,20)18-14-7-4-11(15)8-13(14)16/h2-8,17-18H,9H2,1H3. The van der Waals surface area contributed by atoms with Crippen LogP contribution in [0.25, 0.3) is 0 Å². The molecule has 0 saturated heterocycles. The highest BCUT2D eigenvalue weighted by Gasteiger charge is 2.15. The zero-order valence-electron chi connectivity index (χ0n) is 11.2. The summed E-state index contributed by atoms with van der Waals surface area (Å²) in [7, 11) is -1.82. The van der Waals surface area contributed by atoms with E-state index in [2.05, 4.69) is 26.0 Å². The monoisotopic (exact) mass is 388 g/mol. The fraction of sp³-hybridized carbons (Fsp3) is 0.143. The number of benzene rings is 2. The van der Waals surface area contributed by atoms with E-state index in [-0.39, 0.29) is 4.90 Å². The van der Waals surface area contributed by atoms with Crippen molar-refractivity contribution in [1.82, 2.24) is 5.32 Å². The van der Waals surface area contributed by atoms with Crippen LogP contribution in [0, 0.1) is 0 Å². The van der Waals surface area contributed by atoms with E-state index < -0.39 is 10.0 Å². The van der Waals surface area contributed by atoms with E-state index in [4.69, 9.17) is 11.6 Å². The number of sulfonamides is 1. The summed E-state index contributed by atoms with van der Waals surface area (Å²) >= 11 is 9.30. The Balaban J connectivity index is 2.25. The van der Waals surface area contributed by atoms with Gasteiger partial charge in [0.05, 0.1) is 15.6 Å². The molecule has 0 aliphatic carbocycles. The van der Waals surface area contributed by atoms with Crippen molar-refractivity contribution >= 4 is 43.2 Å². The lowest BCUT2D eigenvalue weighted by molar-refractivity contribution is 0.601. The Morgan fingerprint density at radius 3 is 2.38 bits per heavy atom. The Bertz CT molecular complexity index is 733. The molecule has 7 heteroatoms. The normalized spacial score (nSPS) is 11.4. The Hall–Kier alpha value is -1.08. The van der Waals surface area contributed by atoms with Crippen LogP contribution in [0.3, 0.4) is 0 Å². The minimum absolute atomic E-state index is 0.196. The van der Waals surface area contributed by atoms with Gasteiger partial charge in [0.25, 0.3) is 10.0 Å². The Morgan fingerprint density at radius 1 is 1.14 bits per heavy atom. The zero-order chi connectivity index (χ0) is 15.5. The molecule has 0 aliphatic rings. The first-order valence-electron chi connectivity index (χ1n) is 6.14. The number of hydrogen-bond donors (Lipinski definition) is 2. The zero-order valence-corrected chi connectivity index (χ0v) is 14.4. The minimum Gasteiger partial charge on any atom is -0.316 e. The molecule has 112 valence electrons. The second-order valence-corrected chi connectivity index (χ2v) is 7.41. The van der Waals surface area contributed by atoms with Crippen molar-refractivity contribution < 1.29 is 8.42 Å². The van der Waals surface area contributed by atoms with Crippen LogP contribution in [0.15, 0.2) is 51.8 Å². The quantitative estimate of drug-likeness (QED) is 0.821. The maximum atomic E-state index is 12.3. The molecule has 4 nitrogen and oxygen atoms in total. The number of anilines is 1. The maximum Gasteiger partial charge on any atom is 0.261 e. The molecule has 0 spiro atoms. The molecule has 0 heterocycles. The molecule has 0 unspecified atom stereocenters. The lowest BCUT2D eigenvalue weighted by Crippen LogP contribution is -2.13. The van der Waals surface area contributed by atoms with Crippen molar-refractivity contribution in [3.8, 4) is 0 Å². The van der Waals surface area contributed by atoms with Gasteiger partial charge in [0.1, 0.15) is 0 Å². The van der Waals surface area contributed by atoms with E-state index in [1.165, 1.54) is 0 Å². The topological polar surface area (TPSA) is 58.2 Å². The molecule has 0 aromatic heterocycles. The minimum atomic E-state index is -3.65. The van der Waals surface area contributed by atoms with Crippen molar-refractivity contribution in [2.75, 3.05) is 11.8 Å². The summed E-state index contributed by atoms with van der Waals surface area (Å²) in [5.41, 5.74) is 1.36. The van der Waals surface area contributed by atoms with E-state index in [0.717, 1.165) is 10.0 Å². The van der Waals surface area contributed by atoms with Gasteiger partial charge < -0.3 is 5.32 Å². The van der Waals surface area contributed by atoms with Crippen LogP contribution in [-0.4, -0.2) is 15.5 Å². The molecule has 21 heavy (non-hydrogen) atoms. The van der Waals surface area contributed by atoms with Crippen LogP contribution < -0.4 is 10.0 Å². The van der Waals surface area contributed by atoms with Gasteiger partial charge in [-0.2, -0.15) is 0 Å². The molecule has 0 atom stereocenters. The van der Waals surface area contributed by atoms with Crippen molar-refractivity contribution in [3.63, 3.8) is 0 Å². The van der Waals surface area contributed by atoms with Crippen LogP contribution in [0.1, 0.15) is 5.56 Å². The fourth-order valence-corrected chi connectivity index (χ4v) is 3.62.